The molecule has 0 radical (unpaired) electrons. The highest BCUT2D eigenvalue weighted by molar-refractivity contribution is 5.71. The summed E-state index contributed by atoms with van der Waals surface area (Å²) in [5.41, 5.74) is 2.61. The second-order valence-electron chi connectivity index (χ2n) is 3.00. The molecule has 0 N–H and O–H groups in total. The fourth-order valence-corrected chi connectivity index (χ4v) is 1.37. The van der Waals surface area contributed by atoms with Crippen molar-refractivity contribution in [1.82, 2.24) is 0 Å². The fourth-order valence-electron chi connectivity index (χ4n) is 1.37. The predicted molar refractivity (Wildman–Crippen MR) is 53.6 cm³/mol. The Morgan fingerprint density at radius 3 is 2.53 bits per heavy atom. The van der Waals surface area contributed by atoms with Crippen molar-refractivity contribution in [2.45, 2.75) is 0 Å². The Labute approximate surface area is 86.8 Å². The maximum absolute atomic E-state index is 8.92. The molecular formula is C12H6N2O. The van der Waals surface area contributed by atoms with Crippen molar-refractivity contribution in [1.29, 1.82) is 10.5 Å². The van der Waals surface area contributed by atoms with Gasteiger partial charge in [0.1, 0.15) is 0 Å². The van der Waals surface area contributed by atoms with E-state index in [1.807, 2.05) is 6.07 Å². The van der Waals surface area contributed by atoms with Crippen molar-refractivity contribution < 1.29 is 4.42 Å². The maximum Gasteiger partial charge on any atom is 0.0998 e. The average molecular weight is 194 g/mol. The molecule has 1 heterocycles. The summed E-state index contributed by atoms with van der Waals surface area (Å²) in [6.07, 6.45) is 3.09. The molecule has 3 heteroatoms. The highest BCUT2D eigenvalue weighted by Gasteiger charge is 2.06. The monoisotopic (exact) mass is 194 g/mol. The Balaban J connectivity index is 2.65. The smallest absolute Gasteiger partial charge is 0.0998 e. The normalized spacial score (nSPS) is 9.20. The van der Waals surface area contributed by atoms with Crippen molar-refractivity contribution in [3.63, 3.8) is 0 Å². The van der Waals surface area contributed by atoms with Gasteiger partial charge in [0.05, 0.1) is 35.8 Å². The van der Waals surface area contributed by atoms with E-state index in [-0.39, 0.29) is 0 Å². The second-order valence-corrected chi connectivity index (χ2v) is 3.00. The summed E-state index contributed by atoms with van der Waals surface area (Å²) in [5.74, 6) is 0. The van der Waals surface area contributed by atoms with Crippen molar-refractivity contribution >= 4 is 0 Å². The van der Waals surface area contributed by atoms with E-state index in [9.17, 15) is 0 Å². The van der Waals surface area contributed by atoms with Crippen molar-refractivity contribution in [3.8, 4) is 23.3 Å². The Kier molecular flexibility index (Phi) is 2.23. The minimum absolute atomic E-state index is 0.533. The van der Waals surface area contributed by atoms with Gasteiger partial charge >= 0.3 is 0 Å². The first kappa shape index (κ1) is 9.05. The molecule has 1 aromatic heterocycles. The van der Waals surface area contributed by atoms with Crippen molar-refractivity contribution in [3.05, 3.63) is 47.9 Å². The fraction of sp³-hybridized carbons (Fsp3) is 0. The number of nitrogens with zero attached hydrogens (tertiary/aromatic N) is 2. The zero-order chi connectivity index (χ0) is 10.7. The lowest BCUT2D eigenvalue weighted by Gasteiger charge is -2.00. The van der Waals surface area contributed by atoms with Crippen LogP contribution >= 0.6 is 0 Å². The van der Waals surface area contributed by atoms with Crippen LogP contribution in [0.3, 0.4) is 0 Å². The summed E-state index contributed by atoms with van der Waals surface area (Å²) in [6, 6.07) is 10.8. The zero-order valence-electron chi connectivity index (χ0n) is 7.77. The van der Waals surface area contributed by atoms with Gasteiger partial charge in [-0.1, -0.05) is 0 Å². The molecule has 0 fully saturated rings. The van der Waals surface area contributed by atoms with E-state index >= 15 is 0 Å². The van der Waals surface area contributed by atoms with Gasteiger partial charge in [0.15, 0.2) is 0 Å². The molecule has 3 nitrogen and oxygen atoms in total. The summed E-state index contributed by atoms with van der Waals surface area (Å²) < 4.78 is 4.95. The minimum Gasteiger partial charge on any atom is -0.472 e. The quantitative estimate of drug-likeness (QED) is 0.701. The Morgan fingerprint density at radius 1 is 1.07 bits per heavy atom. The van der Waals surface area contributed by atoms with E-state index < -0.39 is 0 Å². The molecule has 0 spiro atoms. The molecular weight excluding hydrogens is 188 g/mol. The molecule has 0 saturated heterocycles. The first-order valence-electron chi connectivity index (χ1n) is 4.32. The van der Waals surface area contributed by atoms with Crippen molar-refractivity contribution in [2.75, 3.05) is 0 Å². The second kappa shape index (κ2) is 3.69. The van der Waals surface area contributed by atoms with E-state index in [2.05, 4.69) is 6.07 Å². The number of hydrogen-bond donors (Lipinski definition) is 0. The summed E-state index contributed by atoms with van der Waals surface area (Å²) in [5, 5.41) is 17.7. The van der Waals surface area contributed by atoms with Gasteiger partial charge in [0.25, 0.3) is 0 Å². The molecule has 0 aliphatic carbocycles. The van der Waals surface area contributed by atoms with Crippen LogP contribution in [0.15, 0.2) is 41.2 Å². The van der Waals surface area contributed by atoms with E-state index in [0.29, 0.717) is 11.1 Å². The number of rotatable bonds is 1. The highest BCUT2D eigenvalue weighted by atomic mass is 16.3. The molecule has 2 rings (SSSR count). The summed E-state index contributed by atoms with van der Waals surface area (Å²) >= 11 is 0. The van der Waals surface area contributed by atoms with Gasteiger partial charge < -0.3 is 4.42 Å². The van der Waals surface area contributed by atoms with Crippen LogP contribution < -0.4 is 0 Å². The lowest BCUT2D eigenvalue weighted by atomic mass is 10.0. The average Bonchev–Trinajstić information content (AvgIpc) is 2.81. The van der Waals surface area contributed by atoms with Crippen LogP contribution in [-0.2, 0) is 0 Å². The third-order valence-electron chi connectivity index (χ3n) is 2.10. The van der Waals surface area contributed by atoms with Crippen LogP contribution in [0, 0.1) is 22.7 Å². The molecule has 0 saturated carbocycles. The molecule has 0 unspecified atom stereocenters. The van der Waals surface area contributed by atoms with Gasteiger partial charge in [0.2, 0.25) is 0 Å². The molecule has 0 atom stereocenters. The number of nitriles is 2. The Hall–Kier alpha value is -2.52. The number of hydrogen-bond acceptors (Lipinski definition) is 3. The first-order valence-corrected chi connectivity index (χ1v) is 4.32. The standard InChI is InChI=1S/C12H6N2O/c13-6-9-1-2-10(7-14)12(5-9)11-3-4-15-8-11/h1-5,8H. The van der Waals surface area contributed by atoms with Crippen LogP contribution in [0.5, 0.6) is 0 Å². The molecule has 70 valence electrons. The Morgan fingerprint density at radius 2 is 1.93 bits per heavy atom. The predicted octanol–water partition coefficient (Wildman–Crippen LogP) is 2.69. The summed E-state index contributed by atoms with van der Waals surface area (Å²) in [4.78, 5) is 0. The van der Waals surface area contributed by atoms with Gasteiger partial charge in [-0.2, -0.15) is 10.5 Å². The molecule has 1 aromatic carbocycles. The van der Waals surface area contributed by atoms with Gasteiger partial charge in [-0.3, -0.25) is 0 Å². The largest absolute Gasteiger partial charge is 0.472 e. The number of furan rings is 1. The van der Waals surface area contributed by atoms with Crippen molar-refractivity contribution in [2.24, 2.45) is 0 Å². The maximum atomic E-state index is 8.92. The van der Waals surface area contributed by atoms with Gasteiger partial charge in [0, 0.05) is 11.1 Å². The van der Waals surface area contributed by atoms with E-state index in [1.54, 1.807) is 30.5 Å². The van der Waals surface area contributed by atoms with Crippen LogP contribution in [0.1, 0.15) is 11.1 Å². The zero-order valence-corrected chi connectivity index (χ0v) is 7.77. The van der Waals surface area contributed by atoms with E-state index in [1.165, 1.54) is 6.26 Å². The third kappa shape index (κ3) is 1.59. The number of benzene rings is 1. The lowest BCUT2D eigenvalue weighted by molar-refractivity contribution is 0.568. The van der Waals surface area contributed by atoms with Crippen LogP contribution in [-0.4, -0.2) is 0 Å². The topological polar surface area (TPSA) is 60.7 Å². The van der Waals surface area contributed by atoms with Crippen LogP contribution in [0.25, 0.3) is 11.1 Å². The lowest BCUT2D eigenvalue weighted by Crippen LogP contribution is -1.84. The third-order valence-corrected chi connectivity index (χ3v) is 2.10. The summed E-state index contributed by atoms with van der Waals surface area (Å²) in [6.45, 7) is 0. The van der Waals surface area contributed by atoms with Crippen LogP contribution in [0.2, 0.25) is 0 Å². The minimum atomic E-state index is 0.533. The molecule has 15 heavy (non-hydrogen) atoms. The highest BCUT2D eigenvalue weighted by Crippen LogP contribution is 2.24. The summed E-state index contributed by atoms with van der Waals surface area (Å²) in [7, 11) is 0. The molecule has 0 aliphatic rings. The SMILES string of the molecule is N#Cc1ccc(C#N)c(-c2ccoc2)c1. The molecule has 0 aliphatic heterocycles. The van der Waals surface area contributed by atoms with Crippen LogP contribution in [0.4, 0.5) is 0 Å². The molecule has 2 aromatic rings. The van der Waals surface area contributed by atoms with E-state index in [0.717, 1.165) is 11.1 Å². The van der Waals surface area contributed by atoms with E-state index in [4.69, 9.17) is 14.9 Å². The van der Waals surface area contributed by atoms with Gasteiger partial charge in [-0.05, 0) is 24.3 Å². The van der Waals surface area contributed by atoms with Gasteiger partial charge in [-0.15, -0.1) is 0 Å². The Bertz CT molecular complexity index is 556. The molecule has 0 bridgehead atoms. The molecule has 0 amide bonds. The van der Waals surface area contributed by atoms with Gasteiger partial charge in [-0.25, -0.2) is 0 Å². The first-order chi connectivity index (χ1) is 7.35.